The number of benzene rings is 1. The predicted octanol–water partition coefficient (Wildman–Crippen LogP) is 0.746. The van der Waals surface area contributed by atoms with Crippen molar-refractivity contribution in [2.45, 2.75) is 12.8 Å². The summed E-state index contributed by atoms with van der Waals surface area (Å²) in [6.45, 7) is 2.16. The fraction of sp³-hybridized carbons (Fsp3) is 0.429. The number of ether oxygens (including phenoxy) is 1. The summed E-state index contributed by atoms with van der Waals surface area (Å²) in [5.74, 6) is 1.18. The quantitative estimate of drug-likeness (QED) is 0.822. The molecule has 0 aliphatic carbocycles. The van der Waals surface area contributed by atoms with Crippen LogP contribution in [-0.4, -0.2) is 38.5 Å². The summed E-state index contributed by atoms with van der Waals surface area (Å²) in [6, 6.07) is 7.84. The van der Waals surface area contributed by atoms with Crippen LogP contribution in [0.1, 0.15) is 12.0 Å². The minimum atomic E-state index is -0.117. The molecule has 1 aliphatic heterocycles. The van der Waals surface area contributed by atoms with Gasteiger partial charge in [-0.3, -0.25) is 9.79 Å². The molecule has 1 amide bonds. The highest BCUT2D eigenvalue weighted by molar-refractivity contribution is 6.37. The number of rotatable bonds is 5. The highest BCUT2D eigenvalue weighted by atomic mass is 16.5. The zero-order valence-electron chi connectivity index (χ0n) is 11.1. The van der Waals surface area contributed by atoms with Gasteiger partial charge in [0, 0.05) is 19.6 Å². The molecular formula is C14H19N3O2. The van der Waals surface area contributed by atoms with Crippen molar-refractivity contribution in [1.29, 1.82) is 0 Å². The third-order valence-corrected chi connectivity index (χ3v) is 2.97. The van der Waals surface area contributed by atoms with E-state index in [2.05, 4.69) is 15.6 Å². The van der Waals surface area contributed by atoms with E-state index < -0.39 is 0 Å². The van der Waals surface area contributed by atoms with Gasteiger partial charge < -0.3 is 15.4 Å². The van der Waals surface area contributed by atoms with Crippen LogP contribution < -0.4 is 15.4 Å². The third kappa shape index (κ3) is 3.98. The minimum Gasteiger partial charge on any atom is -0.497 e. The number of aliphatic imine (C=N–C) groups is 1. The van der Waals surface area contributed by atoms with Crippen LogP contribution in [0.5, 0.6) is 5.75 Å². The Balaban J connectivity index is 1.76. The van der Waals surface area contributed by atoms with E-state index in [0.29, 0.717) is 12.4 Å². The molecule has 19 heavy (non-hydrogen) atoms. The summed E-state index contributed by atoms with van der Waals surface area (Å²) in [7, 11) is 1.65. The normalized spacial score (nSPS) is 14.3. The van der Waals surface area contributed by atoms with Crippen molar-refractivity contribution in [3.8, 4) is 5.75 Å². The second-order valence-electron chi connectivity index (χ2n) is 4.36. The van der Waals surface area contributed by atoms with Crippen LogP contribution in [0.3, 0.4) is 0 Å². The minimum absolute atomic E-state index is 0.117. The lowest BCUT2D eigenvalue weighted by atomic mass is 10.1. The zero-order chi connectivity index (χ0) is 13.5. The molecule has 0 aromatic heterocycles. The molecule has 0 fully saturated rings. The molecule has 2 rings (SSSR count). The lowest BCUT2D eigenvalue weighted by molar-refractivity contribution is -0.115. The van der Waals surface area contributed by atoms with Gasteiger partial charge in [-0.1, -0.05) is 12.1 Å². The molecule has 0 unspecified atom stereocenters. The second-order valence-corrected chi connectivity index (χ2v) is 4.36. The highest BCUT2D eigenvalue weighted by Gasteiger charge is 2.12. The van der Waals surface area contributed by atoms with Crippen molar-refractivity contribution < 1.29 is 9.53 Å². The summed E-state index contributed by atoms with van der Waals surface area (Å²) in [4.78, 5) is 15.9. The molecule has 1 aromatic rings. The molecule has 102 valence electrons. The Morgan fingerprint density at radius 3 is 2.84 bits per heavy atom. The van der Waals surface area contributed by atoms with Crippen molar-refractivity contribution in [1.82, 2.24) is 10.6 Å². The fourth-order valence-corrected chi connectivity index (χ4v) is 1.88. The van der Waals surface area contributed by atoms with Gasteiger partial charge in [0.2, 0.25) is 0 Å². The number of methoxy groups -OCH3 is 1. The molecule has 2 N–H and O–H groups in total. The van der Waals surface area contributed by atoms with E-state index >= 15 is 0 Å². The van der Waals surface area contributed by atoms with Crippen molar-refractivity contribution in [3.63, 3.8) is 0 Å². The molecule has 5 heteroatoms. The highest BCUT2D eigenvalue weighted by Crippen LogP contribution is 2.11. The van der Waals surface area contributed by atoms with E-state index in [1.54, 1.807) is 7.11 Å². The standard InChI is InChI=1S/C14H19N3O2/c1-19-12-5-3-11(4-6-12)7-10-17-14(18)13-15-8-2-9-16-13/h3-6H,2,7-10H2,1H3,(H,15,16)(H,17,18). The maximum absolute atomic E-state index is 11.8. The number of hydrogen-bond acceptors (Lipinski definition) is 4. The van der Waals surface area contributed by atoms with Crippen LogP contribution in [0, 0.1) is 0 Å². The zero-order valence-corrected chi connectivity index (χ0v) is 11.1. The van der Waals surface area contributed by atoms with Gasteiger partial charge in [0.1, 0.15) is 5.75 Å². The van der Waals surface area contributed by atoms with Crippen molar-refractivity contribution in [2.75, 3.05) is 26.7 Å². The Morgan fingerprint density at radius 2 is 2.21 bits per heavy atom. The number of carbonyl (C=O) groups excluding carboxylic acids is 1. The smallest absolute Gasteiger partial charge is 0.286 e. The van der Waals surface area contributed by atoms with Crippen LogP contribution in [0.2, 0.25) is 0 Å². The van der Waals surface area contributed by atoms with Crippen LogP contribution in [0.25, 0.3) is 0 Å². The summed E-state index contributed by atoms with van der Waals surface area (Å²) in [5.41, 5.74) is 1.17. The Morgan fingerprint density at radius 1 is 1.42 bits per heavy atom. The van der Waals surface area contributed by atoms with Gasteiger partial charge in [-0.2, -0.15) is 0 Å². The Bertz CT molecular complexity index is 454. The van der Waals surface area contributed by atoms with Gasteiger partial charge >= 0.3 is 0 Å². The largest absolute Gasteiger partial charge is 0.497 e. The number of hydrogen-bond donors (Lipinski definition) is 2. The van der Waals surface area contributed by atoms with Crippen LogP contribution in [0.15, 0.2) is 29.3 Å². The summed E-state index contributed by atoms with van der Waals surface area (Å²) in [6.07, 6.45) is 1.78. The number of nitrogens with one attached hydrogen (secondary N) is 2. The van der Waals surface area contributed by atoms with Crippen LogP contribution in [0.4, 0.5) is 0 Å². The van der Waals surface area contributed by atoms with E-state index in [0.717, 1.165) is 31.7 Å². The van der Waals surface area contributed by atoms with Crippen LogP contribution in [-0.2, 0) is 11.2 Å². The Kier molecular flexibility index (Phi) is 4.78. The Hall–Kier alpha value is -2.04. The topological polar surface area (TPSA) is 62.7 Å². The first-order valence-electron chi connectivity index (χ1n) is 6.49. The summed E-state index contributed by atoms with van der Waals surface area (Å²) >= 11 is 0. The molecular weight excluding hydrogens is 242 g/mol. The molecule has 0 radical (unpaired) electrons. The van der Waals surface area contributed by atoms with Gasteiger partial charge in [0.05, 0.1) is 7.11 Å². The molecule has 0 bridgehead atoms. The molecule has 1 heterocycles. The van der Waals surface area contributed by atoms with Crippen LogP contribution >= 0.6 is 0 Å². The predicted molar refractivity (Wildman–Crippen MR) is 74.6 cm³/mol. The summed E-state index contributed by atoms with van der Waals surface area (Å²) < 4.78 is 5.10. The van der Waals surface area contributed by atoms with E-state index in [9.17, 15) is 4.79 Å². The third-order valence-electron chi connectivity index (χ3n) is 2.97. The second kappa shape index (κ2) is 6.78. The van der Waals surface area contributed by atoms with E-state index in [1.165, 1.54) is 5.56 Å². The molecule has 0 saturated heterocycles. The maximum atomic E-state index is 11.8. The van der Waals surface area contributed by atoms with Gasteiger partial charge in [-0.05, 0) is 30.5 Å². The number of amidine groups is 1. The Labute approximate surface area is 113 Å². The first-order chi connectivity index (χ1) is 9.29. The summed E-state index contributed by atoms with van der Waals surface area (Å²) in [5, 5.41) is 5.87. The molecule has 0 spiro atoms. The number of nitrogens with zero attached hydrogens (tertiary/aromatic N) is 1. The average molecular weight is 261 g/mol. The number of amides is 1. The lowest BCUT2D eigenvalue weighted by Crippen LogP contribution is -2.43. The van der Waals surface area contributed by atoms with E-state index in [1.807, 2.05) is 24.3 Å². The van der Waals surface area contributed by atoms with Crippen molar-refractivity contribution >= 4 is 11.7 Å². The van der Waals surface area contributed by atoms with E-state index in [-0.39, 0.29) is 5.91 Å². The number of carbonyl (C=O) groups is 1. The van der Waals surface area contributed by atoms with Gasteiger partial charge in [0.25, 0.3) is 5.91 Å². The molecule has 1 aliphatic rings. The van der Waals surface area contributed by atoms with Crippen molar-refractivity contribution in [3.05, 3.63) is 29.8 Å². The average Bonchev–Trinajstić information content (AvgIpc) is 2.49. The monoisotopic (exact) mass is 261 g/mol. The SMILES string of the molecule is COc1ccc(CCNC(=O)C2=NCCCN2)cc1. The molecule has 5 nitrogen and oxygen atoms in total. The molecule has 0 atom stereocenters. The molecule has 1 aromatic carbocycles. The van der Waals surface area contributed by atoms with E-state index in [4.69, 9.17) is 4.74 Å². The first kappa shape index (κ1) is 13.4. The fourth-order valence-electron chi connectivity index (χ4n) is 1.88. The lowest BCUT2D eigenvalue weighted by Gasteiger charge is -2.14. The van der Waals surface area contributed by atoms with Gasteiger partial charge in [-0.15, -0.1) is 0 Å². The molecule has 0 saturated carbocycles. The first-order valence-corrected chi connectivity index (χ1v) is 6.49. The van der Waals surface area contributed by atoms with Gasteiger partial charge in [-0.25, -0.2) is 0 Å². The van der Waals surface area contributed by atoms with Crippen molar-refractivity contribution in [2.24, 2.45) is 4.99 Å². The maximum Gasteiger partial charge on any atom is 0.286 e. The van der Waals surface area contributed by atoms with Gasteiger partial charge in [0.15, 0.2) is 5.84 Å².